The fraction of sp³-hybridized carbons (Fsp3) is 0.800. The molecule has 0 bridgehead atoms. The van der Waals surface area contributed by atoms with E-state index in [-0.39, 0.29) is 66.0 Å². The van der Waals surface area contributed by atoms with Gasteiger partial charge >= 0.3 is 51.4 Å². The molecule has 64 valence electrons. The average molecular weight is 224 g/mol. The number of hydrogen-bond acceptors (Lipinski definition) is 4. The predicted molar refractivity (Wildman–Crippen MR) is 48.5 cm³/mol. The van der Waals surface area contributed by atoms with Crippen molar-refractivity contribution >= 4 is 29.2 Å². The van der Waals surface area contributed by atoms with Crippen LogP contribution in [-0.2, 0) is 4.74 Å². The van der Waals surface area contributed by atoms with Crippen molar-refractivity contribution in [1.29, 1.82) is 0 Å². The van der Waals surface area contributed by atoms with Gasteiger partial charge in [-0.15, -0.1) is 0 Å². The van der Waals surface area contributed by atoms with Crippen molar-refractivity contribution < 1.29 is 67.8 Å². The first-order valence-corrected chi connectivity index (χ1v) is 3.62. The first-order valence-electron chi connectivity index (χ1n) is 2.76. The molecular formula is C5H13KO3S2. The van der Waals surface area contributed by atoms with Gasteiger partial charge in [-0.25, -0.2) is 0 Å². The molecule has 11 heavy (non-hydrogen) atoms. The summed E-state index contributed by atoms with van der Waals surface area (Å²) in [6.07, 6.45) is 0. The number of hydrogen-bond donors (Lipinski definition) is 3. The molecule has 6 heteroatoms. The number of thiocarbonyl (C=S) groups is 1. The fourth-order valence-electron chi connectivity index (χ4n) is 0.123. The van der Waals surface area contributed by atoms with E-state index in [0.29, 0.717) is 11.0 Å². The molecule has 0 amide bonds. The molecule has 0 aliphatic heterocycles. The van der Waals surface area contributed by atoms with E-state index in [1.165, 1.54) is 0 Å². The van der Waals surface area contributed by atoms with Crippen LogP contribution in [0.1, 0.15) is 8.35 Å². The molecule has 0 heterocycles. The van der Waals surface area contributed by atoms with Gasteiger partial charge in [-0.1, -0.05) is 12.6 Å². The van der Waals surface area contributed by atoms with E-state index in [4.69, 9.17) is 10.2 Å². The number of ether oxygens (including phenoxy) is 1. The Morgan fingerprint density at radius 2 is 1.91 bits per heavy atom. The van der Waals surface area contributed by atoms with E-state index in [2.05, 4.69) is 29.6 Å². The van der Waals surface area contributed by atoms with Crippen molar-refractivity contribution in [2.24, 2.45) is 0 Å². The maximum Gasteiger partial charge on any atom is 1.00 e. The second kappa shape index (κ2) is 17.8. The molecule has 0 aromatic carbocycles. The second-order valence-electron chi connectivity index (χ2n) is 1.15. The second-order valence-corrected chi connectivity index (χ2v) is 2.23. The van der Waals surface area contributed by atoms with Gasteiger partial charge < -0.3 is 16.4 Å². The number of aliphatic hydroxyl groups is 2. The summed E-state index contributed by atoms with van der Waals surface area (Å²) >= 11 is 8.12. The molecule has 0 aromatic rings. The summed E-state index contributed by atoms with van der Waals surface area (Å²) in [7, 11) is 0. The molecule has 0 aliphatic rings. The summed E-state index contributed by atoms with van der Waals surface area (Å²) in [4.78, 5) is 0. The van der Waals surface area contributed by atoms with Crippen molar-refractivity contribution in [3.05, 3.63) is 0 Å². The minimum atomic E-state index is -0.125. The Balaban J connectivity index is -0.0000000483. The largest absolute Gasteiger partial charge is 1.00 e. The molecule has 0 aliphatic carbocycles. The van der Waals surface area contributed by atoms with E-state index in [9.17, 15) is 0 Å². The third-order valence-corrected chi connectivity index (χ3v) is 0.615. The third-order valence-electron chi connectivity index (χ3n) is 0.368. The van der Waals surface area contributed by atoms with Crippen molar-refractivity contribution in [2.45, 2.75) is 6.92 Å². The summed E-state index contributed by atoms with van der Waals surface area (Å²) in [5.74, 6) is 0. The van der Waals surface area contributed by atoms with E-state index in [1.54, 1.807) is 0 Å². The summed E-state index contributed by atoms with van der Waals surface area (Å²) in [6, 6.07) is 0. The van der Waals surface area contributed by atoms with E-state index in [1.807, 2.05) is 6.92 Å². The zero-order chi connectivity index (χ0) is 8.41. The van der Waals surface area contributed by atoms with E-state index < -0.39 is 0 Å². The van der Waals surface area contributed by atoms with Crippen LogP contribution in [0.4, 0.5) is 0 Å². The van der Waals surface area contributed by atoms with Gasteiger partial charge in [0.15, 0.2) is 0 Å². The summed E-state index contributed by atoms with van der Waals surface area (Å²) in [5.41, 5.74) is 0. The van der Waals surface area contributed by atoms with Crippen LogP contribution in [0.3, 0.4) is 0 Å². The van der Waals surface area contributed by atoms with Crippen LogP contribution in [0.2, 0.25) is 0 Å². The Bertz CT molecular complexity index is 85.1. The predicted octanol–water partition coefficient (Wildman–Crippen LogP) is -2.67. The molecule has 0 saturated heterocycles. The van der Waals surface area contributed by atoms with Gasteiger partial charge in [0.1, 0.15) is 0 Å². The molecule has 0 spiro atoms. The van der Waals surface area contributed by atoms with E-state index in [0.717, 1.165) is 0 Å². The van der Waals surface area contributed by atoms with Crippen molar-refractivity contribution in [3.8, 4) is 0 Å². The quantitative estimate of drug-likeness (QED) is 0.272. The average Bonchev–Trinajstić information content (AvgIpc) is 1.89. The Labute approximate surface area is 122 Å². The molecule has 0 saturated carbocycles. The van der Waals surface area contributed by atoms with Gasteiger partial charge in [0.05, 0.1) is 19.8 Å². The van der Waals surface area contributed by atoms with Gasteiger partial charge in [-0.3, -0.25) is 0 Å². The zero-order valence-electron chi connectivity index (χ0n) is 7.78. The van der Waals surface area contributed by atoms with Gasteiger partial charge in [-0.05, 0) is 19.1 Å². The maximum atomic E-state index is 7.62. The topological polar surface area (TPSA) is 49.7 Å². The Kier molecular flexibility index (Phi) is 30.0. The molecule has 0 aromatic heterocycles. The number of aliphatic hydroxyl groups excluding tert-OH is 2. The van der Waals surface area contributed by atoms with Gasteiger partial charge in [0, 0.05) is 0 Å². The standard InChI is InChI=1S/C3H6OS2.C2H6O2.K.H/c1-2-4-3(5)6;3-1-2-4;;/h2H2,1H3,(H,5,6);3-4H,1-2H2;;/q;;+1;-1. The normalized spacial score (nSPS) is 6.91. The molecule has 0 radical (unpaired) electrons. The molecule has 0 rings (SSSR count). The van der Waals surface area contributed by atoms with Crippen LogP contribution in [0.25, 0.3) is 0 Å². The van der Waals surface area contributed by atoms with E-state index >= 15 is 0 Å². The monoisotopic (exact) mass is 224 g/mol. The first kappa shape index (κ1) is 18.6. The Morgan fingerprint density at radius 1 is 1.55 bits per heavy atom. The first-order chi connectivity index (χ1) is 4.68. The van der Waals surface area contributed by atoms with Crippen molar-refractivity contribution in [1.82, 2.24) is 0 Å². The van der Waals surface area contributed by atoms with Crippen LogP contribution in [-0.4, -0.2) is 34.4 Å². The van der Waals surface area contributed by atoms with Crippen LogP contribution < -0.4 is 51.4 Å². The Hall–Kier alpha value is 1.80. The zero-order valence-corrected chi connectivity index (χ0v) is 11.6. The molecule has 0 atom stereocenters. The molecule has 0 fully saturated rings. The SMILES string of the molecule is CCOC(=S)S.OCCO.[H-].[K+]. The Morgan fingerprint density at radius 3 is 1.91 bits per heavy atom. The third kappa shape index (κ3) is 33.7. The smallest absolute Gasteiger partial charge is 1.00 e. The summed E-state index contributed by atoms with van der Waals surface area (Å²) in [5, 5.41) is 15.2. The summed E-state index contributed by atoms with van der Waals surface area (Å²) < 4.78 is 4.95. The van der Waals surface area contributed by atoms with Crippen LogP contribution in [0, 0.1) is 0 Å². The van der Waals surface area contributed by atoms with Crippen molar-refractivity contribution in [2.75, 3.05) is 19.8 Å². The van der Waals surface area contributed by atoms with Gasteiger partial charge in [0.25, 0.3) is 0 Å². The number of thiol groups is 1. The van der Waals surface area contributed by atoms with Gasteiger partial charge in [0.2, 0.25) is 4.38 Å². The fourth-order valence-corrected chi connectivity index (χ4v) is 0.370. The molecular weight excluding hydrogens is 211 g/mol. The maximum absolute atomic E-state index is 7.62. The van der Waals surface area contributed by atoms with Gasteiger partial charge in [-0.2, -0.15) is 0 Å². The summed E-state index contributed by atoms with van der Waals surface area (Å²) in [6.45, 7) is 2.23. The van der Waals surface area contributed by atoms with Crippen LogP contribution >= 0.6 is 24.8 Å². The van der Waals surface area contributed by atoms with Crippen LogP contribution in [0.5, 0.6) is 0 Å². The number of rotatable bonds is 2. The molecule has 3 nitrogen and oxygen atoms in total. The molecule has 2 N–H and O–H groups in total. The minimum absolute atomic E-state index is 0. The molecule has 0 unspecified atom stereocenters. The minimum Gasteiger partial charge on any atom is -1.00 e. The van der Waals surface area contributed by atoms with Crippen LogP contribution in [0.15, 0.2) is 0 Å². The van der Waals surface area contributed by atoms with Crippen molar-refractivity contribution in [3.63, 3.8) is 0 Å².